The average molecular weight is 287 g/mol. The largest absolute Gasteiger partial charge is 0.497 e. The van der Waals surface area contributed by atoms with Crippen LogP contribution in [0.3, 0.4) is 0 Å². The van der Waals surface area contributed by atoms with Gasteiger partial charge in [-0.1, -0.05) is 0 Å². The van der Waals surface area contributed by atoms with Crippen molar-refractivity contribution in [2.24, 2.45) is 0 Å². The third-order valence-electron chi connectivity index (χ3n) is 4.62. The number of ether oxygens (including phenoxy) is 2. The Morgan fingerprint density at radius 2 is 2.19 bits per heavy atom. The smallest absolute Gasteiger partial charge is 0.121 e. The molecule has 4 rings (SSSR count). The molecule has 2 aliphatic rings. The summed E-state index contributed by atoms with van der Waals surface area (Å²) < 4.78 is 13.4. The van der Waals surface area contributed by atoms with Crippen LogP contribution >= 0.6 is 0 Å². The maximum Gasteiger partial charge on any atom is 0.121 e. The zero-order valence-corrected chi connectivity index (χ0v) is 12.5. The summed E-state index contributed by atoms with van der Waals surface area (Å²) in [4.78, 5) is 4.93. The number of likely N-dealkylation sites (N-methyl/N-ethyl adjacent to an activating group) is 1. The fourth-order valence-corrected chi connectivity index (χ4v) is 3.30. The van der Waals surface area contributed by atoms with Gasteiger partial charge in [-0.25, -0.2) is 4.98 Å². The molecule has 1 aliphatic carbocycles. The molecule has 21 heavy (non-hydrogen) atoms. The summed E-state index contributed by atoms with van der Waals surface area (Å²) in [7, 11) is 3.70. The Kier molecular flexibility index (Phi) is 3.12. The Morgan fingerprint density at radius 1 is 1.33 bits per heavy atom. The number of imidazole rings is 1. The van der Waals surface area contributed by atoms with Gasteiger partial charge < -0.3 is 19.4 Å². The monoisotopic (exact) mass is 287 g/mol. The summed E-state index contributed by atoms with van der Waals surface area (Å²) in [6, 6.07) is 7.14. The number of methoxy groups -OCH3 is 1. The average Bonchev–Trinajstić information content (AvgIpc) is 3.12. The van der Waals surface area contributed by atoms with Gasteiger partial charge >= 0.3 is 0 Å². The van der Waals surface area contributed by atoms with Crippen LogP contribution in [0.15, 0.2) is 18.2 Å². The van der Waals surface area contributed by atoms with E-state index < -0.39 is 0 Å². The van der Waals surface area contributed by atoms with Crippen LogP contribution in [0.4, 0.5) is 0 Å². The lowest BCUT2D eigenvalue weighted by Gasteiger charge is -2.18. The molecule has 0 spiro atoms. The molecular formula is C16H21N3O2. The summed E-state index contributed by atoms with van der Waals surface area (Å²) in [6.07, 6.45) is 2.50. The van der Waals surface area contributed by atoms with Crippen molar-refractivity contribution in [1.29, 1.82) is 0 Å². The minimum Gasteiger partial charge on any atom is -0.497 e. The van der Waals surface area contributed by atoms with Gasteiger partial charge in [0.25, 0.3) is 0 Å². The number of aromatic nitrogens is 2. The minimum atomic E-state index is 0.328. The summed E-state index contributed by atoms with van der Waals surface area (Å²) in [6.45, 7) is 1.51. The number of hydrogen-bond acceptors (Lipinski definition) is 4. The summed E-state index contributed by atoms with van der Waals surface area (Å²) >= 11 is 0. The molecule has 5 heteroatoms. The highest BCUT2D eigenvalue weighted by molar-refractivity contribution is 5.78. The molecule has 1 aliphatic heterocycles. The van der Waals surface area contributed by atoms with Crippen molar-refractivity contribution in [3.8, 4) is 5.75 Å². The number of fused-ring (bicyclic) bond motifs is 1. The van der Waals surface area contributed by atoms with Crippen molar-refractivity contribution < 1.29 is 9.47 Å². The third-order valence-corrected chi connectivity index (χ3v) is 4.62. The zero-order valence-electron chi connectivity index (χ0n) is 12.5. The molecule has 1 aromatic carbocycles. The molecule has 0 amide bonds. The molecule has 2 fully saturated rings. The van der Waals surface area contributed by atoms with E-state index in [9.17, 15) is 0 Å². The SMILES string of the molecule is CNC1COCC1c1nc2cc(OC)ccc2n1C1CC1. The maximum atomic E-state index is 5.67. The van der Waals surface area contributed by atoms with Gasteiger partial charge in [0.1, 0.15) is 11.6 Å². The Morgan fingerprint density at radius 3 is 2.90 bits per heavy atom. The minimum absolute atomic E-state index is 0.328. The van der Waals surface area contributed by atoms with Gasteiger partial charge in [-0.3, -0.25) is 0 Å². The quantitative estimate of drug-likeness (QED) is 0.935. The molecule has 2 aromatic rings. The van der Waals surface area contributed by atoms with E-state index in [1.165, 1.54) is 18.4 Å². The van der Waals surface area contributed by atoms with Crippen molar-refractivity contribution in [2.75, 3.05) is 27.4 Å². The Balaban J connectivity index is 1.85. The lowest BCUT2D eigenvalue weighted by atomic mass is 10.0. The van der Waals surface area contributed by atoms with E-state index in [1.54, 1.807) is 7.11 Å². The van der Waals surface area contributed by atoms with E-state index >= 15 is 0 Å². The normalized spacial score (nSPS) is 25.6. The molecular weight excluding hydrogens is 266 g/mol. The number of hydrogen-bond donors (Lipinski definition) is 1. The molecule has 112 valence electrons. The van der Waals surface area contributed by atoms with Gasteiger partial charge in [0, 0.05) is 18.2 Å². The zero-order chi connectivity index (χ0) is 14.4. The first-order valence-electron chi connectivity index (χ1n) is 7.62. The predicted octanol–water partition coefficient (Wildman–Crippen LogP) is 2.08. The molecule has 5 nitrogen and oxygen atoms in total. The number of benzene rings is 1. The van der Waals surface area contributed by atoms with Crippen molar-refractivity contribution in [3.05, 3.63) is 24.0 Å². The van der Waals surface area contributed by atoms with Crippen LogP contribution in [-0.4, -0.2) is 43.0 Å². The van der Waals surface area contributed by atoms with E-state index in [0.29, 0.717) is 18.0 Å². The molecule has 0 radical (unpaired) electrons. The van der Waals surface area contributed by atoms with E-state index in [2.05, 4.69) is 16.0 Å². The second-order valence-electron chi connectivity index (χ2n) is 5.96. The van der Waals surface area contributed by atoms with Crippen LogP contribution in [0.5, 0.6) is 5.75 Å². The highest BCUT2D eigenvalue weighted by Crippen LogP contribution is 2.41. The molecule has 1 N–H and O–H groups in total. The lowest BCUT2D eigenvalue weighted by Crippen LogP contribution is -2.32. The standard InChI is InChI=1S/C16H21N3O2/c1-17-14-9-21-8-12(14)16-18-13-7-11(20-2)5-6-15(13)19(16)10-3-4-10/h5-7,10,12,14,17H,3-4,8-9H2,1-2H3. The highest BCUT2D eigenvalue weighted by atomic mass is 16.5. The van der Waals surface area contributed by atoms with Crippen LogP contribution in [0.2, 0.25) is 0 Å². The highest BCUT2D eigenvalue weighted by Gasteiger charge is 2.36. The number of nitrogens with zero attached hydrogens (tertiary/aromatic N) is 2. The molecule has 0 bridgehead atoms. The molecule has 2 heterocycles. The van der Waals surface area contributed by atoms with E-state index in [4.69, 9.17) is 14.5 Å². The maximum absolute atomic E-state index is 5.67. The fraction of sp³-hybridized carbons (Fsp3) is 0.562. The summed E-state index contributed by atoms with van der Waals surface area (Å²) in [5.41, 5.74) is 2.24. The molecule has 1 saturated heterocycles. The van der Waals surface area contributed by atoms with Crippen molar-refractivity contribution in [2.45, 2.75) is 30.8 Å². The van der Waals surface area contributed by atoms with Gasteiger partial charge in [-0.2, -0.15) is 0 Å². The summed E-state index contributed by atoms with van der Waals surface area (Å²) in [5.74, 6) is 2.36. The van der Waals surface area contributed by atoms with Gasteiger partial charge in [0.2, 0.25) is 0 Å². The van der Waals surface area contributed by atoms with Crippen LogP contribution < -0.4 is 10.1 Å². The van der Waals surface area contributed by atoms with Gasteiger partial charge in [0.15, 0.2) is 0 Å². The van der Waals surface area contributed by atoms with Crippen molar-refractivity contribution in [3.63, 3.8) is 0 Å². The Hall–Kier alpha value is -1.59. The Bertz CT molecular complexity index is 663. The van der Waals surface area contributed by atoms with Crippen molar-refractivity contribution in [1.82, 2.24) is 14.9 Å². The van der Waals surface area contributed by atoms with Crippen LogP contribution in [-0.2, 0) is 4.74 Å². The second kappa shape index (κ2) is 5.00. The molecule has 2 unspecified atom stereocenters. The second-order valence-corrected chi connectivity index (χ2v) is 5.96. The first-order chi connectivity index (χ1) is 10.3. The molecule has 1 saturated carbocycles. The van der Waals surface area contributed by atoms with E-state index in [1.807, 2.05) is 19.2 Å². The number of rotatable bonds is 4. The number of nitrogens with one attached hydrogen (secondary N) is 1. The lowest BCUT2D eigenvalue weighted by molar-refractivity contribution is 0.187. The van der Waals surface area contributed by atoms with Gasteiger partial charge in [0.05, 0.1) is 37.3 Å². The van der Waals surface area contributed by atoms with Crippen LogP contribution in [0, 0.1) is 0 Å². The molecule has 1 aromatic heterocycles. The Labute approximate surface area is 124 Å². The van der Waals surface area contributed by atoms with Gasteiger partial charge in [-0.05, 0) is 32.0 Å². The van der Waals surface area contributed by atoms with E-state index in [-0.39, 0.29) is 0 Å². The summed E-state index contributed by atoms with van der Waals surface area (Å²) in [5, 5.41) is 3.36. The third kappa shape index (κ3) is 2.12. The molecule has 2 atom stereocenters. The van der Waals surface area contributed by atoms with Crippen LogP contribution in [0.25, 0.3) is 11.0 Å². The predicted molar refractivity (Wildman–Crippen MR) is 81.0 cm³/mol. The van der Waals surface area contributed by atoms with Gasteiger partial charge in [-0.15, -0.1) is 0 Å². The first-order valence-corrected chi connectivity index (χ1v) is 7.62. The first kappa shape index (κ1) is 13.1. The topological polar surface area (TPSA) is 48.3 Å². The fourth-order valence-electron chi connectivity index (χ4n) is 3.30. The van der Waals surface area contributed by atoms with Crippen LogP contribution in [0.1, 0.15) is 30.6 Å². The van der Waals surface area contributed by atoms with E-state index in [0.717, 1.165) is 30.3 Å². The van der Waals surface area contributed by atoms with Crippen molar-refractivity contribution >= 4 is 11.0 Å².